The zero-order chi connectivity index (χ0) is 10.8. The maximum atomic E-state index is 12.0. The molecule has 2 rings (SSSR count). The molecular formula is C8H15BN2O3S. The lowest BCUT2D eigenvalue weighted by atomic mass is 9.78. The Bertz CT molecular complexity index is 248. The van der Waals surface area contributed by atoms with E-state index in [0.29, 0.717) is 13.0 Å². The van der Waals surface area contributed by atoms with Gasteiger partial charge in [-0.2, -0.15) is 0 Å². The first-order valence-corrected chi connectivity index (χ1v) is 6.33. The van der Waals surface area contributed by atoms with E-state index in [1.165, 1.54) is 0 Å². The van der Waals surface area contributed by atoms with Gasteiger partial charge in [-0.1, -0.05) is 0 Å². The van der Waals surface area contributed by atoms with Gasteiger partial charge in [0, 0.05) is 18.2 Å². The van der Waals surface area contributed by atoms with Crippen molar-refractivity contribution in [1.82, 2.24) is 10.2 Å². The summed E-state index contributed by atoms with van der Waals surface area (Å²) in [5.74, 6) is 1.18. The van der Waals surface area contributed by atoms with E-state index < -0.39 is 13.1 Å². The molecule has 0 saturated carbocycles. The summed E-state index contributed by atoms with van der Waals surface area (Å²) >= 11 is 1.70. The molecule has 15 heavy (non-hydrogen) atoms. The van der Waals surface area contributed by atoms with Crippen molar-refractivity contribution in [3.05, 3.63) is 0 Å². The van der Waals surface area contributed by atoms with Crippen molar-refractivity contribution in [2.45, 2.75) is 24.8 Å². The molecule has 2 aliphatic heterocycles. The zero-order valence-electron chi connectivity index (χ0n) is 8.43. The van der Waals surface area contributed by atoms with Gasteiger partial charge in [-0.15, -0.1) is 11.8 Å². The minimum absolute atomic E-state index is 0.00981. The summed E-state index contributed by atoms with van der Waals surface area (Å²) in [6, 6.07) is -0.144. The van der Waals surface area contributed by atoms with Crippen LogP contribution < -0.4 is 5.32 Å². The maximum absolute atomic E-state index is 12.0. The monoisotopic (exact) mass is 230 g/mol. The van der Waals surface area contributed by atoms with E-state index in [-0.39, 0.29) is 11.9 Å². The van der Waals surface area contributed by atoms with Crippen LogP contribution in [0.3, 0.4) is 0 Å². The van der Waals surface area contributed by atoms with Gasteiger partial charge in [-0.05, 0) is 12.8 Å². The third-order valence-electron chi connectivity index (χ3n) is 2.94. The molecule has 0 spiro atoms. The molecule has 2 heterocycles. The lowest BCUT2D eigenvalue weighted by molar-refractivity contribution is -0.132. The highest BCUT2D eigenvalue weighted by molar-refractivity contribution is 7.99. The Morgan fingerprint density at radius 3 is 2.93 bits per heavy atom. The number of hydrogen-bond donors (Lipinski definition) is 3. The Morgan fingerprint density at radius 2 is 2.33 bits per heavy atom. The molecule has 2 atom stereocenters. The largest absolute Gasteiger partial charge is 0.475 e. The highest BCUT2D eigenvalue weighted by Gasteiger charge is 2.39. The number of hydrogen-bond acceptors (Lipinski definition) is 5. The van der Waals surface area contributed by atoms with Crippen molar-refractivity contribution in [2.75, 3.05) is 18.2 Å². The molecular weight excluding hydrogens is 215 g/mol. The van der Waals surface area contributed by atoms with Crippen LogP contribution in [0.2, 0.25) is 0 Å². The summed E-state index contributed by atoms with van der Waals surface area (Å²) in [4.78, 5) is 13.6. The SMILES string of the molecule is O=C([C@@H]1CSCN1)N1CCC[C@H]1B(O)O. The van der Waals surface area contributed by atoms with Gasteiger partial charge in [-0.25, -0.2) is 0 Å². The molecule has 0 aromatic heterocycles. The predicted octanol–water partition coefficient (Wildman–Crippen LogP) is -1.35. The fourth-order valence-corrected chi connectivity index (χ4v) is 3.06. The van der Waals surface area contributed by atoms with Crippen LogP contribution in [0.1, 0.15) is 12.8 Å². The van der Waals surface area contributed by atoms with Crippen molar-refractivity contribution in [2.24, 2.45) is 0 Å². The van der Waals surface area contributed by atoms with Gasteiger partial charge in [0.05, 0.1) is 12.0 Å². The molecule has 3 N–H and O–H groups in total. The molecule has 0 aromatic rings. The minimum atomic E-state index is -1.41. The average Bonchev–Trinajstić information content (AvgIpc) is 2.88. The van der Waals surface area contributed by atoms with Gasteiger partial charge in [-0.3, -0.25) is 10.1 Å². The lowest BCUT2D eigenvalue weighted by Gasteiger charge is -2.26. The van der Waals surface area contributed by atoms with Crippen molar-refractivity contribution in [3.8, 4) is 0 Å². The zero-order valence-corrected chi connectivity index (χ0v) is 9.24. The molecule has 84 valence electrons. The summed E-state index contributed by atoms with van der Waals surface area (Å²) in [7, 11) is -1.41. The number of nitrogens with one attached hydrogen (secondary N) is 1. The van der Waals surface area contributed by atoms with Crippen LogP contribution in [0, 0.1) is 0 Å². The number of carbonyl (C=O) groups is 1. The smallest absolute Gasteiger partial charge is 0.426 e. The molecule has 0 bridgehead atoms. The van der Waals surface area contributed by atoms with Gasteiger partial charge in [0.2, 0.25) is 5.91 Å². The van der Waals surface area contributed by atoms with E-state index >= 15 is 0 Å². The van der Waals surface area contributed by atoms with Crippen LogP contribution >= 0.6 is 11.8 Å². The molecule has 0 aliphatic carbocycles. The standard InChI is InChI=1S/C8H15BN2O3S/c12-8(6-4-15-5-10-6)11-3-1-2-7(11)9(13)14/h6-7,10,13-14H,1-5H2/t6-,7-/m0/s1. The van der Waals surface area contributed by atoms with Gasteiger partial charge >= 0.3 is 7.12 Å². The van der Waals surface area contributed by atoms with E-state index in [1.54, 1.807) is 16.7 Å². The Morgan fingerprint density at radius 1 is 1.53 bits per heavy atom. The normalized spacial score (nSPS) is 30.9. The Kier molecular flexibility index (Phi) is 3.55. The van der Waals surface area contributed by atoms with Crippen LogP contribution in [-0.2, 0) is 4.79 Å². The second-order valence-electron chi connectivity index (χ2n) is 3.93. The molecule has 5 nitrogen and oxygen atoms in total. The molecule has 1 amide bonds. The molecule has 2 fully saturated rings. The van der Waals surface area contributed by atoms with E-state index in [4.69, 9.17) is 10.0 Å². The van der Waals surface area contributed by atoms with E-state index in [1.807, 2.05) is 0 Å². The summed E-state index contributed by atoms with van der Waals surface area (Å²) in [5, 5.41) is 21.4. The first kappa shape index (κ1) is 11.3. The molecule has 2 saturated heterocycles. The predicted molar refractivity (Wildman–Crippen MR) is 59.2 cm³/mol. The quantitative estimate of drug-likeness (QED) is 0.512. The van der Waals surface area contributed by atoms with Crippen molar-refractivity contribution in [1.29, 1.82) is 0 Å². The van der Waals surface area contributed by atoms with Crippen LogP contribution in [0.5, 0.6) is 0 Å². The van der Waals surface area contributed by atoms with Crippen LogP contribution in [0.4, 0.5) is 0 Å². The number of nitrogens with zero attached hydrogens (tertiary/aromatic N) is 1. The van der Waals surface area contributed by atoms with Gasteiger partial charge < -0.3 is 14.9 Å². The molecule has 0 unspecified atom stereocenters. The minimum Gasteiger partial charge on any atom is -0.426 e. The van der Waals surface area contributed by atoms with Crippen molar-refractivity contribution >= 4 is 24.8 Å². The third-order valence-corrected chi connectivity index (χ3v) is 3.88. The second-order valence-corrected chi connectivity index (χ2v) is 4.96. The molecule has 7 heteroatoms. The fraction of sp³-hybridized carbons (Fsp3) is 0.875. The Balaban J connectivity index is 1.99. The molecule has 0 aromatic carbocycles. The van der Waals surface area contributed by atoms with Gasteiger partial charge in [0.1, 0.15) is 0 Å². The van der Waals surface area contributed by atoms with E-state index in [9.17, 15) is 4.79 Å². The van der Waals surface area contributed by atoms with Gasteiger partial charge in [0.15, 0.2) is 0 Å². The summed E-state index contributed by atoms with van der Waals surface area (Å²) < 4.78 is 0. The first-order valence-electron chi connectivity index (χ1n) is 5.18. The van der Waals surface area contributed by atoms with E-state index in [0.717, 1.165) is 18.1 Å². The molecule has 0 radical (unpaired) electrons. The number of likely N-dealkylation sites (tertiary alicyclic amines) is 1. The maximum Gasteiger partial charge on any atom is 0.475 e. The number of amides is 1. The summed E-state index contributed by atoms with van der Waals surface area (Å²) in [6.07, 6.45) is 1.54. The van der Waals surface area contributed by atoms with Crippen molar-refractivity contribution in [3.63, 3.8) is 0 Å². The summed E-state index contributed by atoms with van der Waals surface area (Å²) in [5.41, 5.74) is 0. The third kappa shape index (κ3) is 2.30. The number of carbonyl (C=O) groups excluding carboxylic acids is 1. The van der Waals surface area contributed by atoms with Crippen LogP contribution in [0.25, 0.3) is 0 Å². The number of thioether (sulfide) groups is 1. The molecule has 2 aliphatic rings. The van der Waals surface area contributed by atoms with Crippen LogP contribution in [-0.4, -0.2) is 58.1 Å². The van der Waals surface area contributed by atoms with E-state index in [2.05, 4.69) is 5.32 Å². The summed E-state index contributed by atoms with van der Waals surface area (Å²) in [6.45, 7) is 0.643. The van der Waals surface area contributed by atoms with Crippen LogP contribution in [0.15, 0.2) is 0 Å². The fourth-order valence-electron chi connectivity index (χ4n) is 2.13. The average molecular weight is 230 g/mol. The Hall–Kier alpha value is -0.235. The Labute approximate surface area is 93.4 Å². The van der Waals surface area contributed by atoms with Gasteiger partial charge in [0.25, 0.3) is 0 Å². The highest BCUT2D eigenvalue weighted by Crippen LogP contribution is 2.21. The second kappa shape index (κ2) is 4.73. The number of rotatable bonds is 2. The first-order chi connectivity index (χ1) is 7.20. The van der Waals surface area contributed by atoms with Crippen molar-refractivity contribution < 1.29 is 14.8 Å². The topological polar surface area (TPSA) is 72.8 Å². The highest BCUT2D eigenvalue weighted by atomic mass is 32.2. The lowest BCUT2D eigenvalue weighted by Crippen LogP contribution is -2.51.